The lowest BCUT2D eigenvalue weighted by Crippen LogP contribution is -2.11. The molecule has 25 heavy (non-hydrogen) atoms. The summed E-state index contributed by atoms with van der Waals surface area (Å²) in [5.74, 6) is -4.00. The minimum Gasteiger partial charge on any atom is -0.504 e. The maximum absolute atomic E-state index is 14.0. The van der Waals surface area contributed by atoms with Crippen LogP contribution in [0, 0.1) is 5.82 Å². The highest BCUT2D eigenvalue weighted by atomic mass is 19.1. The van der Waals surface area contributed by atoms with E-state index in [1.807, 2.05) is 0 Å². The molecule has 0 amide bonds. The normalized spacial score (nSPS) is 11.6. The number of aromatic nitrogens is 2. The van der Waals surface area contributed by atoms with Crippen LogP contribution in [-0.2, 0) is 16.1 Å². The van der Waals surface area contributed by atoms with Crippen molar-refractivity contribution in [1.82, 2.24) is 9.55 Å². The Morgan fingerprint density at radius 2 is 1.76 bits per heavy atom. The highest BCUT2D eigenvalue weighted by Gasteiger charge is 2.18. The summed E-state index contributed by atoms with van der Waals surface area (Å²) in [6.07, 6.45) is 0.585. The number of halogens is 1. The van der Waals surface area contributed by atoms with Crippen LogP contribution < -0.4 is 0 Å². The minimum atomic E-state index is -1.69. The van der Waals surface area contributed by atoms with Crippen molar-refractivity contribution in [3.05, 3.63) is 71.8 Å². The van der Waals surface area contributed by atoms with Gasteiger partial charge in [0.25, 0.3) is 5.78 Å². The second-order valence-corrected chi connectivity index (χ2v) is 5.30. The molecule has 3 aromatic rings. The smallest absolute Gasteiger partial charge is 0.376 e. The van der Waals surface area contributed by atoms with Gasteiger partial charge in [-0.25, -0.2) is 14.2 Å². The van der Waals surface area contributed by atoms with Crippen molar-refractivity contribution >= 4 is 28.5 Å². The molecule has 1 heterocycles. The average Bonchev–Trinajstić information content (AvgIpc) is 2.95. The van der Waals surface area contributed by atoms with E-state index in [-0.39, 0.29) is 12.4 Å². The van der Waals surface area contributed by atoms with Crippen molar-refractivity contribution in [3.8, 4) is 0 Å². The number of hydrogen-bond acceptors (Lipinski definition) is 4. The van der Waals surface area contributed by atoms with Gasteiger partial charge in [-0.1, -0.05) is 30.3 Å². The standard InChI is InChI=1S/C18H13FN2O4/c19-12-6-2-1-5-11(12)10-21-14-8-4-3-7-13(14)20-17(21)15(22)9-16(23)18(24)25/h1-9,22H,10H2,(H,24,25)/b15-9-. The number of aliphatic hydroxyl groups is 1. The summed E-state index contributed by atoms with van der Waals surface area (Å²) in [5, 5.41) is 18.8. The molecule has 0 fully saturated rings. The lowest BCUT2D eigenvalue weighted by molar-refractivity contribution is -0.146. The summed E-state index contributed by atoms with van der Waals surface area (Å²) in [6.45, 7) is 0.0572. The second kappa shape index (κ2) is 6.56. The Balaban J connectivity index is 2.14. The summed E-state index contributed by atoms with van der Waals surface area (Å²) in [7, 11) is 0. The molecule has 0 saturated carbocycles. The van der Waals surface area contributed by atoms with Crippen molar-refractivity contribution in [3.63, 3.8) is 0 Å². The van der Waals surface area contributed by atoms with Gasteiger partial charge >= 0.3 is 5.97 Å². The van der Waals surface area contributed by atoms with Crippen LogP contribution in [0.25, 0.3) is 16.8 Å². The maximum Gasteiger partial charge on any atom is 0.376 e. The van der Waals surface area contributed by atoms with E-state index in [9.17, 15) is 19.1 Å². The van der Waals surface area contributed by atoms with Crippen molar-refractivity contribution in [2.45, 2.75) is 6.54 Å². The van der Waals surface area contributed by atoms with Gasteiger partial charge in [-0.3, -0.25) is 4.79 Å². The fraction of sp³-hybridized carbons (Fsp3) is 0.0556. The van der Waals surface area contributed by atoms with E-state index >= 15 is 0 Å². The third kappa shape index (κ3) is 3.25. The molecule has 3 rings (SSSR count). The number of aliphatic carboxylic acids is 1. The summed E-state index contributed by atoms with van der Waals surface area (Å²) < 4.78 is 15.5. The molecule has 1 aromatic heterocycles. The average molecular weight is 340 g/mol. The Labute approximate surface area is 141 Å². The molecule has 0 aliphatic rings. The predicted octanol–water partition coefficient (Wildman–Crippen LogP) is 2.78. The molecule has 2 aromatic carbocycles. The first-order valence-electron chi connectivity index (χ1n) is 7.34. The zero-order valence-corrected chi connectivity index (χ0v) is 12.9. The Morgan fingerprint density at radius 3 is 2.48 bits per heavy atom. The first-order chi connectivity index (χ1) is 12.0. The topological polar surface area (TPSA) is 92.4 Å². The SMILES string of the molecule is O=C(O)C(=O)/C=C(\O)c1nc2ccccc2n1Cc1ccccc1F. The summed E-state index contributed by atoms with van der Waals surface area (Å²) in [5.41, 5.74) is 1.50. The molecule has 0 radical (unpaired) electrons. The fourth-order valence-corrected chi connectivity index (χ4v) is 2.48. The van der Waals surface area contributed by atoms with E-state index in [0.29, 0.717) is 22.7 Å². The molecule has 0 atom stereocenters. The number of carboxylic acid groups (broad SMARTS) is 1. The minimum absolute atomic E-state index is 0.0148. The maximum atomic E-state index is 14.0. The van der Waals surface area contributed by atoms with Gasteiger partial charge in [0.15, 0.2) is 11.6 Å². The van der Waals surface area contributed by atoms with Gasteiger partial charge in [-0.15, -0.1) is 0 Å². The molecular weight excluding hydrogens is 327 g/mol. The summed E-state index contributed by atoms with van der Waals surface area (Å²) in [4.78, 5) is 26.2. The van der Waals surface area contributed by atoms with Crippen molar-refractivity contribution in [2.75, 3.05) is 0 Å². The molecule has 0 spiro atoms. The molecule has 6 nitrogen and oxygen atoms in total. The van der Waals surface area contributed by atoms with E-state index in [1.165, 1.54) is 10.6 Å². The van der Waals surface area contributed by atoms with Crippen LogP contribution in [-0.4, -0.2) is 31.5 Å². The van der Waals surface area contributed by atoms with Gasteiger partial charge in [0.1, 0.15) is 5.82 Å². The molecule has 0 aliphatic heterocycles. The monoisotopic (exact) mass is 340 g/mol. The van der Waals surface area contributed by atoms with Crippen LogP contribution in [0.4, 0.5) is 4.39 Å². The molecule has 7 heteroatoms. The lowest BCUT2D eigenvalue weighted by atomic mass is 10.2. The van der Waals surface area contributed by atoms with E-state index in [1.54, 1.807) is 42.5 Å². The quantitative estimate of drug-likeness (QED) is 0.423. The summed E-state index contributed by atoms with van der Waals surface area (Å²) in [6, 6.07) is 13.1. The third-order valence-electron chi connectivity index (χ3n) is 3.65. The van der Waals surface area contributed by atoms with Gasteiger partial charge in [0.2, 0.25) is 0 Å². The molecule has 0 bridgehead atoms. The van der Waals surface area contributed by atoms with E-state index in [4.69, 9.17) is 5.11 Å². The Morgan fingerprint density at radius 1 is 1.08 bits per heavy atom. The number of carbonyl (C=O) groups excluding carboxylic acids is 1. The highest BCUT2D eigenvalue weighted by molar-refractivity contribution is 6.38. The van der Waals surface area contributed by atoms with Gasteiger partial charge in [0.05, 0.1) is 17.6 Å². The highest BCUT2D eigenvalue weighted by Crippen LogP contribution is 2.22. The van der Waals surface area contributed by atoms with Gasteiger partial charge in [-0.05, 0) is 18.2 Å². The van der Waals surface area contributed by atoms with Gasteiger partial charge in [-0.2, -0.15) is 0 Å². The van der Waals surface area contributed by atoms with Crippen LogP contribution in [0.1, 0.15) is 11.4 Å². The number of hydrogen-bond donors (Lipinski definition) is 2. The second-order valence-electron chi connectivity index (χ2n) is 5.30. The zero-order chi connectivity index (χ0) is 18.0. The Hall–Kier alpha value is -3.48. The Bertz CT molecular complexity index is 1010. The van der Waals surface area contributed by atoms with Crippen LogP contribution in [0.3, 0.4) is 0 Å². The van der Waals surface area contributed by atoms with Crippen LogP contribution in [0.2, 0.25) is 0 Å². The van der Waals surface area contributed by atoms with Gasteiger partial charge in [0, 0.05) is 11.6 Å². The molecule has 0 unspecified atom stereocenters. The number of fused-ring (bicyclic) bond motifs is 1. The van der Waals surface area contributed by atoms with Crippen molar-refractivity contribution < 1.29 is 24.2 Å². The number of ketones is 1. The molecule has 0 aliphatic carbocycles. The molecular formula is C18H13FN2O4. The van der Waals surface area contributed by atoms with E-state index < -0.39 is 23.3 Å². The van der Waals surface area contributed by atoms with Crippen molar-refractivity contribution in [2.24, 2.45) is 0 Å². The number of imidazole rings is 1. The van der Waals surface area contributed by atoms with Crippen LogP contribution in [0.15, 0.2) is 54.6 Å². The fourth-order valence-electron chi connectivity index (χ4n) is 2.48. The lowest BCUT2D eigenvalue weighted by Gasteiger charge is -2.09. The van der Waals surface area contributed by atoms with Crippen LogP contribution in [0.5, 0.6) is 0 Å². The number of carboxylic acids is 1. The van der Waals surface area contributed by atoms with Crippen molar-refractivity contribution in [1.29, 1.82) is 0 Å². The summed E-state index contributed by atoms with van der Waals surface area (Å²) >= 11 is 0. The Kier molecular flexibility index (Phi) is 4.30. The first kappa shape index (κ1) is 16.4. The molecule has 0 saturated heterocycles. The predicted molar refractivity (Wildman–Crippen MR) is 88.5 cm³/mol. The third-order valence-corrected chi connectivity index (χ3v) is 3.65. The number of benzene rings is 2. The first-order valence-corrected chi connectivity index (χ1v) is 7.34. The number of para-hydroxylation sites is 2. The zero-order valence-electron chi connectivity index (χ0n) is 12.9. The number of carbonyl (C=O) groups is 2. The largest absolute Gasteiger partial charge is 0.504 e. The molecule has 126 valence electrons. The number of aliphatic hydroxyl groups excluding tert-OH is 1. The van der Waals surface area contributed by atoms with E-state index in [0.717, 1.165) is 0 Å². The van der Waals surface area contributed by atoms with Gasteiger partial charge < -0.3 is 14.8 Å². The van der Waals surface area contributed by atoms with E-state index in [2.05, 4.69) is 4.98 Å². The number of nitrogens with zero attached hydrogens (tertiary/aromatic N) is 2. The number of rotatable bonds is 5. The molecule has 2 N–H and O–H groups in total. The van der Waals surface area contributed by atoms with Crippen LogP contribution >= 0.6 is 0 Å².